The van der Waals surface area contributed by atoms with E-state index in [0.717, 1.165) is 16.7 Å². The Morgan fingerprint density at radius 3 is 2.35 bits per heavy atom. The number of imidazole rings is 1. The summed E-state index contributed by atoms with van der Waals surface area (Å²) < 4.78 is 2.24. The minimum atomic E-state index is 0.992. The van der Waals surface area contributed by atoms with E-state index in [9.17, 15) is 0 Å². The van der Waals surface area contributed by atoms with Gasteiger partial charge in [-0.05, 0) is 52.9 Å². The largest absolute Gasteiger partial charge is 0.292 e. The summed E-state index contributed by atoms with van der Waals surface area (Å²) in [4.78, 5) is 4.71. The molecule has 2 heterocycles. The molecule has 5 rings (SSSR count). The molecule has 0 aliphatic carbocycles. The Bertz CT molecular complexity index is 1150. The first kappa shape index (κ1) is 12.4. The van der Waals surface area contributed by atoms with Crippen LogP contribution in [0.15, 0.2) is 84.9 Å². The molecule has 2 heteroatoms. The molecule has 0 saturated heterocycles. The van der Waals surface area contributed by atoms with Crippen LogP contribution < -0.4 is 0 Å². The highest BCUT2D eigenvalue weighted by atomic mass is 15.0. The fourth-order valence-corrected chi connectivity index (χ4v) is 3.28. The summed E-state index contributed by atoms with van der Waals surface area (Å²) >= 11 is 0. The number of nitrogens with zero attached hydrogens (tertiary/aromatic N) is 2. The zero-order chi connectivity index (χ0) is 15.2. The number of rotatable bonds is 1. The number of benzene rings is 3. The van der Waals surface area contributed by atoms with Crippen LogP contribution in [-0.2, 0) is 0 Å². The lowest BCUT2D eigenvalue weighted by Crippen LogP contribution is -1.88. The van der Waals surface area contributed by atoms with Crippen LogP contribution in [0, 0.1) is 0 Å². The predicted octanol–water partition coefficient (Wildman–Crippen LogP) is 5.31. The van der Waals surface area contributed by atoms with Gasteiger partial charge in [-0.1, -0.05) is 48.5 Å². The van der Waals surface area contributed by atoms with Crippen LogP contribution in [0.3, 0.4) is 0 Å². The van der Waals surface area contributed by atoms with E-state index in [1.807, 2.05) is 12.1 Å². The van der Waals surface area contributed by atoms with E-state index in [4.69, 9.17) is 4.98 Å². The van der Waals surface area contributed by atoms with Crippen LogP contribution in [0.25, 0.3) is 38.7 Å². The van der Waals surface area contributed by atoms with Gasteiger partial charge in [0.25, 0.3) is 0 Å². The number of fused-ring (bicyclic) bond motifs is 5. The lowest BCUT2D eigenvalue weighted by molar-refractivity contribution is 1.30. The molecule has 0 atom stereocenters. The van der Waals surface area contributed by atoms with Crippen LogP contribution in [0.1, 0.15) is 0 Å². The molecule has 23 heavy (non-hydrogen) atoms. The molecule has 0 N–H and O–H groups in total. The molecule has 3 aromatic carbocycles. The third-order valence-corrected chi connectivity index (χ3v) is 4.37. The molecule has 0 amide bonds. The van der Waals surface area contributed by atoms with Gasteiger partial charge in [0.2, 0.25) is 0 Å². The molecule has 0 radical (unpaired) electrons. The van der Waals surface area contributed by atoms with Crippen molar-refractivity contribution in [2.45, 2.75) is 0 Å². The van der Waals surface area contributed by atoms with Crippen molar-refractivity contribution in [3.63, 3.8) is 0 Å². The Morgan fingerprint density at radius 1 is 0.609 bits per heavy atom. The SMILES string of the molecule is c1ccc(-c2ccc3c(ccc4nc5ccccc5n43)c2)cc1. The highest BCUT2D eigenvalue weighted by molar-refractivity contribution is 5.92. The van der Waals surface area contributed by atoms with E-state index < -0.39 is 0 Å². The molecule has 2 nitrogen and oxygen atoms in total. The lowest BCUT2D eigenvalue weighted by atomic mass is 10.0. The van der Waals surface area contributed by atoms with Crippen LogP contribution in [0.2, 0.25) is 0 Å². The van der Waals surface area contributed by atoms with Crippen molar-refractivity contribution in [2.24, 2.45) is 0 Å². The zero-order valence-corrected chi connectivity index (χ0v) is 12.5. The fourth-order valence-electron chi connectivity index (χ4n) is 3.28. The van der Waals surface area contributed by atoms with E-state index in [-0.39, 0.29) is 0 Å². The summed E-state index contributed by atoms with van der Waals surface area (Å²) in [5.41, 5.74) is 6.85. The standard InChI is InChI=1S/C21H14N2/c1-2-6-15(7-3-1)16-10-12-19-17(14-16)11-13-21-22-18-8-4-5-9-20(18)23(19)21/h1-14H. The Labute approximate surface area is 133 Å². The first-order valence-corrected chi connectivity index (χ1v) is 7.75. The summed E-state index contributed by atoms with van der Waals surface area (Å²) in [6.07, 6.45) is 0. The smallest absolute Gasteiger partial charge is 0.138 e. The Kier molecular flexibility index (Phi) is 2.53. The normalized spacial score (nSPS) is 11.5. The number of aromatic nitrogens is 2. The molecule has 108 valence electrons. The van der Waals surface area contributed by atoms with Gasteiger partial charge >= 0.3 is 0 Å². The van der Waals surface area contributed by atoms with E-state index >= 15 is 0 Å². The van der Waals surface area contributed by atoms with Crippen LogP contribution >= 0.6 is 0 Å². The number of hydrogen-bond donors (Lipinski definition) is 0. The van der Waals surface area contributed by atoms with Crippen molar-refractivity contribution < 1.29 is 0 Å². The molecule has 0 saturated carbocycles. The molecule has 0 fully saturated rings. The van der Waals surface area contributed by atoms with Crippen LogP contribution in [0.5, 0.6) is 0 Å². The first-order chi connectivity index (χ1) is 11.4. The quantitative estimate of drug-likeness (QED) is 0.409. The van der Waals surface area contributed by atoms with Crippen molar-refractivity contribution in [1.82, 2.24) is 9.38 Å². The van der Waals surface area contributed by atoms with Gasteiger partial charge in [0.05, 0.1) is 16.6 Å². The van der Waals surface area contributed by atoms with Gasteiger partial charge in [-0.3, -0.25) is 4.40 Å². The minimum Gasteiger partial charge on any atom is -0.292 e. The van der Waals surface area contributed by atoms with E-state index in [1.165, 1.54) is 22.0 Å². The number of hydrogen-bond acceptors (Lipinski definition) is 1. The second-order valence-corrected chi connectivity index (χ2v) is 5.77. The van der Waals surface area contributed by atoms with Gasteiger partial charge in [0.15, 0.2) is 0 Å². The maximum absolute atomic E-state index is 4.71. The molecular formula is C21H14N2. The van der Waals surface area contributed by atoms with Gasteiger partial charge in [-0.2, -0.15) is 0 Å². The first-order valence-electron chi connectivity index (χ1n) is 7.75. The Morgan fingerprint density at radius 2 is 1.43 bits per heavy atom. The average Bonchev–Trinajstić information content (AvgIpc) is 3.01. The van der Waals surface area contributed by atoms with E-state index in [1.54, 1.807) is 0 Å². The predicted molar refractivity (Wildman–Crippen MR) is 95.6 cm³/mol. The van der Waals surface area contributed by atoms with Gasteiger partial charge in [0, 0.05) is 0 Å². The summed E-state index contributed by atoms with van der Waals surface area (Å²) in [5, 5.41) is 1.22. The van der Waals surface area contributed by atoms with Crippen molar-refractivity contribution in [3.8, 4) is 11.1 Å². The van der Waals surface area contributed by atoms with Gasteiger partial charge in [-0.15, -0.1) is 0 Å². The second-order valence-electron chi connectivity index (χ2n) is 5.77. The minimum absolute atomic E-state index is 0.992. The Hall–Kier alpha value is -3.13. The summed E-state index contributed by atoms with van der Waals surface area (Å²) in [6.45, 7) is 0. The topological polar surface area (TPSA) is 17.3 Å². The summed E-state index contributed by atoms with van der Waals surface area (Å²) in [6, 6.07) is 29.6. The molecule has 5 aromatic rings. The third-order valence-electron chi connectivity index (χ3n) is 4.37. The number of para-hydroxylation sites is 2. The van der Waals surface area contributed by atoms with Gasteiger partial charge < -0.3 is 0 Å². The van der Waals surface area contributed by atoms with Gasteiger partial charge in [-0.25, -0.2) is 4.98 Å². The van der Waals surface area contributed by atoms with E-state index in [0.29, 0.717) is 0 Å². The highest BCUT2D eigenvalue weighted by Gasteiger charge is 2.08. The average molecular weight is 294 g/mol. The number of pyridine rings is 1. The maximum atomic E-state index is 4.71. The zero-order valence-electron chi connectivity index (χ0n) is 12.5. The monoisotopic (exact) mass is 294 g/mol. The molecule has 2 aromatic heterocycles. The summed E-state index contributed by atoms with van der Waals surface area (Å²) in [5.74, 6) is 0. The van der Waals surface area contributed by atoms with Crippen molar-refractivity contribution in [3.05, 3.63) is 84.9 Å². The van der Waals surface area contributed by atoms with Crippen LogP contribution in [0.4, 0.5) is 0 Å². The third kappa shape index (κ3) is 1.85. The second kappa shape index (κ2) is 4.68. The van der Waals surface area contributed by atoms with E-state index in [2.05, 4.69) is 77.2 Å². The van der Waals surface area contributed by atoms with Crippen molar-refractivity contribution >= 4 is 27.6 Å². The highest BCUT2D eigenvalue weighted by Crippen LogP contribution is 2.27. The fraction of sp³-hybridized carbons (Fsp3) is 0. The molecule has 0 spiro atoms. The van der Waals surface area contributed by atoms with Gasteiger partial charge in [0.1, 0.15) is 5.65 Å². The molecule has 0 bridgehead atoms. The Balaban J connectivity index is 1.85. The molecular weight excluding hydrogens is 280 g/mol. The van der Waals surface area contributed by atoms with Crippen molar-refractivity contribution in [1.29, 1.82) is 0 Å². The maximum Gasteiger partial charge on any atom is 0.138 e. The lowest BCUT2D eigenvalue weighted by Gasteiger charge is -2.07. The summed E-state index contributed by atoms with van der Waals surface area (Å²) in [7, 11) is 0. The molecule has 0 aliphatic heterocycles. The molecule has 0 unspecified atom stereocenters. The van der Waals surface area contributed by atoms with Crippen molar-refractivity contribution in [2.75, 3.05) is 0 Å². The van der Waals surface area contributed by atoms with Crippen LogP contribution in [-0.4, -0.2) is 9.38 Å². The molecule has 0 aliphatic rings.